The zero-order chi connectivity index (χ0) is 39.5. The summed E-state index contributed by atoms with van der Waals surface area (Å²) in [6, 6.07) is 7.33. The number of aromatic nitrogens is 3. The van der Waals surface area contributed by atoms with Crippen molar-refractivity contribution in [2.75, 3.05) is 56.6 Å². The van der Waals surface area contributed by atoms with E-state index in [1.807, 2.05) is 7.05 Å². The number of hydrogen-bond donors (Lipinski definition) is 4. The second-order valence-electron chi connectivity index (χ2n) is 15.0. The number of pyridine rings is 3. The third kappa shape index (κ3) is 6.90. The highest BCUT2D eigenvalue weighted by Crippen LogP contribution is 2.47. The third-order valence-electron chi connectivity index (χ3n) is 10.0. The topological polar surface area (TPSA) is 182 Å². The van der Waals surface area contributed by atoms with Crippen LogP contribution in [0, 0.1) is 17.6 Å². The summed E-state index contributed by atoms with van der Waals surface area (Å²) in [6.45, 7) is 6.14. The molecule has 288 valence electrons. The maximum absolute atomic E-state index is 16.3. The molecule has 0 spiro atoms. The molecule has 0 radical (unpaired) electrons. The highest BCUT2D eigenvalue weighted by Gasteiger charge is 2.42. The first-order chi connectivity index (χ1) is 26.0. The van der Waals surface area contributed by atoms with Gasteiger partial charge in [0.25, 0.3) is 11.5 Å². The molecule has 4 N–H and O–H groups in total. The average molecular weight is 759 g/mol. The number of aliphatic carboxylic acids is 1. The van der Waals surface area contributed by atoms with Crippen LogP contribution in [0.1, 0.15) is 37.6 Å². The number of fused-ring (bicyclic) bond motifs is 5. The van der Waals surface area contributed by atoms with Gasteiger partial charge in [-0.3, -0.25) is 28.5 Å². The molecular formula is C38H40F2N8O7. The molecule has 7 rings (SSSR count). The van der Waals surface area contributed by atoms with Gasteiger partial charge in [0.1, 0.15) is 23.4 Å². The van der Waals surface area contributed by atoms with Crippen LogP contribution in [-0.4, -0.2) is 107 Å². The van der Waals surface area contributed by atoms with Crippen LogP contribution < -0.4 is 26.0 Å². The molecule has 17 heteroatoms. The van der Waals surface area contributed by atoms with E-state index in [1.165, 1.54) is 17.5 Å². The minimum atomic E-state index is -1.25. The van der Waals surface area contributed by atoms with E-state index in [-0.39, 0.29) is 33.8 Å². The first-order valence-electron chi connectivity index (χ1n) is 17.7. The number of carbonyl (C=O) groups excluding carboxylic acids is 3. The van der Waals surface area contributed by atoms with Gasteiger partial charge in [0.05, 0.1) is 34.2 Å². The predicted molar refractivity (Wildman–Crippen MR) is 201 cm³/mol. The normalized spacial score (nSPS) is 17.2. The first kappa shape index (κ1) is 37.2. The van der Waals surface area contributed by atoms with Crippen LogP contribution in [0.5, 0.6) is 0 Å². The number of aromatic amines is 1. The van der Waals surface area contributed by atoms with E-state index in [2.05, 4.69) is 30.4 Å². The molecule has 0 unspecified atom stereocenters. The molecule has 2 aliphatic heterocycles. The molecule has 1 aromatic carbocycles. The summed E-state index contributed by atoms with van der Waals surface area (Å²) < 4.78 is 38.7. The highest BCUT2D eigenvalue weighted by molar-refractivity contribution is 6.19. The third-order valence-corrected chi connectivity index (χ3v) is 10.0. The summed E-state index contributed by atoms with van der Waals surface area (Å²) in [5, 5.41) is 13.5. The van der Waals surface area contributed by atoms with E-state index in [1.54, 1.807) is 51.4 Å². The summed E-state index contributed by atoms with van der Waals surface area (Å²) in [5.74, 6) is -4.81. The lowest BCUT2D eigenvalue weighted by Crippen LogP contribution is -2.40. The van der Waals surface area contributed by atoms with Gasteiger partial charge in [-0.15, -0.1) is 0 Å². The van der Waals surface area contributed by atoms with Gasteiger partial charge < -0.3 is 35.3 Å². The van der Waals surface area contributed by atoms with Gasteiger partial charge in [0.2, 0.25) is 5.91 Å². The van der Waals surface area contributed by atoms with Crippen LogP contribution in [0.2, 0.25) is 0 Å². The summed E-state index contributed by atoms with van der Waals surface area (Å²) in [4.78, 5) is 76.0. The maximum atomic E-state index is 16.3. The molecule has 3 amide bonds. The van der Waals surface area contributed by atoms with E-state index in [0.717, 1.165) is 30.5 Å². The number of carbonyl (C=O) groups is 4. The van der Waals surface area contributed by atoms with Crippen molar-refractivity contribution in [1.29, 1.82) is 0 Å². The van der Waals surface area contributed by atoms with E-state index >= 15 is 8.78 Å². The first-order valence-corrected chi connectivity index (χ1v) is 17.7. The molecule has 2 saturated heterocycles. The Bertz CT molecular complexity index is 2480. The van der Waals surface area contributed by atoms with Crippen LogP contribution in [-0.2, 0) is 14.3 Å². The van der Waals surface area contributed by atoms with E-state index < -0.39 is 59.8 Å². The van der Waals surface area contributed by atoms with Crippen molar-refractivity contribution in [3.63, 3.8) is 0 Å². The second kappa shape index (κ2) is 14.0. The zero-order valence-electron chi connectivity index (χ0n) is 30.8. The molecule has 6 heterocycles. The van der Waals surface area contributed by atoms with Gasteiger partial charge >= 0.3 is 12.1 Å². The molecule has 2 fully saturated rings. The Kier molecular flexibility index (Phi) is 9.44. The lowest BCUT2D eigenvalue weighted by atomic mass is 10.00. The molecule has 0 bridgehead atoms. The monoisotopic (exact) mass is 758 g/mol. The lowest BCUT2D eigenvalue weighted by Gasteiger charge is -2.29. The van der Waals surface area contributed by atoms with Crippen LogP contribution >= 0.6 is 0 Å². The fraction of sp³-hybridized carbons (Fsp3) is 0.368. The molecule has 15 nitrogen and oxygen atoms in total. The Morgan fingerprint density at radius 3 is 2.55 bits per heavy atom. The van der Waals surface area contributed by atoms with Gasteiger partial charge in [0, 0.05) is 67.8 Å². The lowest BCUT2D eigenvalue weighted by molar-refractivity contribution is -0.137. The Labute approximate surface area is 312 Å². The number of anilines is 2. The smallest absolute Gasteiger partial charge is 0.414 e. The molecular weight excluding hydrogens is 718 g/mol. The standard InChI is InChI=1S/C38H40F2N8O7/c1-38(2,3)55-37(54)46(5)25-12-24(39)31(40)29-30-33(47-11-10-20-16-45(4)18-26(20)47)23(13-42-34(30)44-32(25)29)19-6-7-21-8-9-22(36(53)48(21)17-19)35(52)43-14-27(49)41-15-28(50)51/h6-9,12-13,17,20,26H,10-11,14-16,18H2,1-5H3,(H,41,49)(H,42,44)(H,43,52)(H,50,51)/t20-,26+/m0/s1. The number of likely N-dealkylation sites (N-methyl/N-ethyl adjacent to an activating group) is 1. The molecule has 55 heavy (non-hydrogen) atoms. The fourth-order valence-corrected chi connectivity index (χ4v) is 7.60. The fourth-order valence-electron chi connectivity index (χ4n) is 7.60. The number of nitrogens with zero attached hydrogens (tertiary/aromatic N) is 5. The van der Waals surface area contributed by atoms with Gasteiger partial charge in [-0.1, -0.05) is 6.07 Å². The molecule has 2 aliphatic rings. The second-order valence-corrected chi connectivity index (χ2v) is 15.0. The van der Waals surface area contributed by atoms with Gasteiger partial charge in [-0.05, 0) is 58.4 Å². The maximum Gasteiger partial charge on any atom is 0.414 e. The van der Waals surface area contributed by atoms with Gasteiger partial charge in [-0.25, -0.2) is 18.6 Å². The molecule has 4 aromatic heterocycles. The number of carboxylic acid groups (broad SMARTS) is 1. The predicted octanol–water partition coefficient (Wildman–Crippen LogP) is 3.72. The van der Waals surface area contributed by atoms with Crippen molar-refractivity contribution >= 4 is 62.7 Å². The number of likely N-dealkylation sites (tertiary alicyclic amines) is 1. The van der Waals surface area contributed by atoms with Crippen molar-refractivity contribution in [2.24, 2.45) is 5.92 Å². The SMILES string of the molecule is CN1C[C@@H]2CCN(c3c(-c4ccc5ccc(C(=O)NCC(=O)NCC(=O)O)c(=O)n5c4)cnc4[nH]c5c(N(C)C(=O)OC(C)(C)C)cc(F)c(F)c5c34)[C@@H]2C1. The summed E-state index contributed by atoms with van der Waals surface area (Å²) in [6.07, 6.45) is 3.24. The largest absolute Gasteiger partial charge is 0.480 e. The molecule has 2 atom stereocenters. The quantitative estimate of drug-likeness (QED) is 0.182. The van der Waals surface area contributed by atoms with Crippen LogP contribution in [0.15, 0.2) is 47.5 Å². The van der Waals surface area contributed by atoms with Crippen LogP contribution in [0.25, 0.3) is 38.6 Å². The minimum Gasteiger partial charge on any atom is -0.480 e. The number of rotatable bonds is 8. The number of carboxylic acids is 1. The number of halogens is 2. The summed E-state index contributed by atoms with van der Waals surface area (Å²) >= 11 is 0. The number of nitrogens with one attached hydrogen (secondary N) is 3. The Morgan fingerprint density at radius 1 is 1.07 bits per heavy atom. The minimum absolute atomic E-state index is 0.0333. The summed E-state index contributed by atoms with van der Waals surface area (Å²) in [7, 11) is 3.45. The van der Waals surface area contributed by atoms with Crippen molar-refractivity contribution in [2.45, 2.75) is 38.8 Å². The van der Waals surface area contributed by atoms with Crippen molar-refractivity contribution < 1.29 is 37.8 Å². The number of amides is 3. The number of hydrogen-bond acceptors (Lipinski definition) is 9. The van der Waals surface area contributed by atoms with E-state index in [9.17, 15) is 24.0 Å². The number of benzene rings is 1. The Hall–Kier alpha value is -6.10. The molecule has 5 aromatic rings. The molecule has 0 saturated carbocycles. The average Bonchev–Trinajstić information content (AvgIpc) is 3.82. The number of H-pyrrole nitrogens is 1. The van der Waals surface area contributed by atoms with Gasteiger partial charge in [0.15, 0.2) is 11.6 Å². The Morgan fingerprint density at radius 2 is 1.82 bits per heavy atom. The van der Waals surface area contributed by atoms with Gasteiger partial charge in [-0.2, -0.15) is 0 Å². The number of ether oxygens (including phenoxy) is 1. The Balaban J connectivity index is 1.39. The van der Waals surface area contributed by atoms with Crippen LogP contribution in [0.4, 0.5) is 25.0 Å². The van der Waals surface area contributed by atoms with E-state index in [4.69, 9.17) is 9.84 Å². The summed E-state index contributed by atoms with van der Waals surface area (Å²) in [5.41, 5.74) is 0.706. The van der Waals surface area contributed by atoms with Crippen molar-refractivity contribution in [1.82, 2.24) is 29.9 Å². The van der Waals surface area contributed by atoms with E-state index in [0.29, 0.717) is 40.2 Å². The van der Waals surface area contributed by atoms with Crippen molar-refractivity contribution in [3.8, 4) is 11.1 Å². The zero-order valence-corrected chi connectivity index (χ0v) is 30.8. The van der Waals surface area contributed by atoms with Crippen molar-refractivity contribution in [3.05, 3.63) is 70.3 Å². The van der Waals surface area contributed by atoms with Crippen LogP contribution in [0.3, 0.4) is 0 Å². The molecule has 0 aliphatic carbocycles. The highest BCUT2D eigenvalue weighted by atomic mass is 19.2.